The van der Waals surface area contributed by atoms with Gasteiger partial charge in [-0.25, -0.2) is 0 Å². The maximum absolute atomic E-state index is 12.8. The van der Waals surface area contributed by atoms with Crippen LogP contribution in [-0.2, 0) is 0 Å². The van der Waals surface area contributed by atoms with Gasteiger partial charge in [0.15, 0.2) is 0 Å². The van der Waals surface area contributed by atoms with Gasteiger partial charge >= 0.3 is 0 Å². The molecule has 0 aliphatic rings. The standard InChI is InChI=1S/C19H19N3O2/c1-13-4-9-17(12-14(13)2)22(11-3-10-20)19(24)16-7-5-15(6-8-16)18(21)23/h4-9,12H,3,11H2,1-2H3,(H2,21,23). The van der Waals surface area contributed by atoms with E-state index in [0.717, 1.165) is 16.8 Å². The summed E-state index contributed by atoms with van der Waals surface area (Å²) < 4.78 is 0. The highest BCUT2D eigenvalue weighted by molar-refractivity contribution is 6.06. The topological polar surface area (TPSA) is 87.2 Å². The summed E-state index contributed by atoms with van der Waals surface area (Å²) in [5, 5.41) is 8.87. The van der Waals surface area contributed by atoms with Gasteiger partial charge in [-0.15, -0.1) is 0 Å². The van der Waals surface area contributed by atoms with Crippen molar-refractivity contribution in [2.75, 3.05) is 11.4 Å². The lowest BCUT2D eigenvalue weighted by molar-refractivity contribution is 0.0980. The summed E-state index contributed by atoms with van der Waals surface area (Å²) in [4.78, 5) is 25.5. The van der Waals surface area contributed by atoms with Crippen molar-refractivity contribution in [1.82, 2.24) is 0 Å². The van der Waals surface area contributed by atoms with Gasteiger partial charge < -0.3 is 10.6 Å². The summed E-state index contributed by atoms with van der Waals surface area (Å²) in [6, 6.07) is 14.0. The Morgan fingerprint density at radius 1 is 1.04 bits per heavy atom. The number of hydrogen-bond donors (Lipinski definition) is 1. The van der Waals surface area contributed by atoms with Crippen molar-refractivity contribution < 1.29 is 9.59 Å². The molecule has 0 aliphatic heterocycles. The average Bonchev–Trinajstić information content (AvgIpc) is 2.58. The molecular weight excluding hydrogens is 302 g/mol. The van der Waals surface area contributed by atoms with Crippen molar-refractivity contribution in [2.45, 2.75) is 20.3 Å². The molecule has 0 fully saturated rings. The molecule has 2 N–H and O–H groups in total. The minimum Gasteiger partial charge on any atom is -0.366 e. The first-order valence-corrected chi connectivity index (χ1v) is 7.60. The van der Waals surface area contributed by atoms with E-state index < -0.39 is 5.91 Å². The highest BCUT2D eigenvalue weighted by Gasteiger charge is 2.18. The minimum atomic E-state index is -0.538. The molecule has 0 radical (unpaired) electrons. The van der Waals surface area contributed by atoms with E-state index in [1.807, 2.05) is 32.0 Å². The third-order valence-corrected chi connectivity index (χ3v) is 3.91. The third kappa shape index (κ3) is 3.79. The molecule has 5 nitrogen and oxygen atoms in total. The van der Waals surface area contributed by atoms with Crippen LogP contribution in [0.1, 0.15) is 38.3 Å². The van der Waals surface area contributed by atoms with Gasteiger partial charge in [0.1, 0.15) is 0 Å². The van der Waals surface area contributed by atoms with Gasteiger partial charge in [0, 0.05) is 23.4 Å². The number of anilines is 1. The van der Waals surface area contributed by atoms with E-state index in [0.29, 0.717) is 17.7 Å². The Balaban J connectivity index is 2.35. The number of nitrogens with two attached hydrogens (primary N) is 1. The zero-order chi connectivity index (χ0) is 17.7. The zero-order valence-electron chi connectivity index (χ0n) is 13.7. The normalized spacial score (nSPS) is 10.0. The van der Waals surface area contributed by atoms with E-state index in [4.69, 9.17) is 11.0 Å². The number of aryl methyl sites for hydroxylation is 2. The molecule has 0 aromatic heterocycles. The van der Waals surface area contributed by atoms with Crippen molar-refractivity contribution in [1.29, 1.82) is 5.26 Å². The van der Waals surface area contributed by atoms with Crippen LogP contribution in [-0.4, -0.2) is 18.4 Å². The summed E-state index contributed by atoms with van der Waals surface area (Å²) >= 11 is 0. The molecule has 2 amide bonds. The Morgan fingerprint density at radius 3 is 2.21 bits per heavy atom. The van der Waals surface area contributed by atoms with E-state index in [-0.39, 0.29) is 12.3 Å². The largest absolute Gasteiger partial charge is 0.366 e. The number of nitrogens with zero attached hydrogens (tertiary/aromatic N) is 2. The summed E-state index contributed by atoms with van der Waals surface area (Å²) in [6.45, 7) is 4.28. The lowest BCUT2D eigenvalue weighted by Gasteiger charge is -2.23. The number of carbonyl (C=O) groups excluding carboxylic acids is 2. The van der Waals surface area contributed by atoms with Gasteiger partial charge in [-0.1, -0.05) is 6.07 Å². The van der Waals surface area contributed by atoms with Gasteiger partial charge in [-0.2, -0.15) is 5.26 Å². The number of primary amides is 1. The molecule has 122 valence electrons. The van der Waals surface area contributed by atoms with Crippen LogP contribution in [0.5, 0.6) is 0 Å². The second kappa shape index (κ2) is 7.42. The van der Waals surface area contributed by atoms with Crippen LogP contribution in [0.25, 0.3) is 0 Å². The number of benzene rings is 2. The molecule has 0 bridgehead atoms. The second-order valence-corrected chi connectivity index (χ2v) is 5.58. The number of hydrogen-bond acceptors (Lipinski definition) is 3. The van der Waals surface area contributed by atoms with E-state index >= 15 is 0 Å². The number of rotatable bonds is 5. The van der Waals surface area contributed by atoms with Gasteiger partial charge in [-0.3, -0.25) is 9.59 Å². The van der Waals surface area contributed by atoms with Crippen molar-refractivity contribution in [2.24, 2.45) is 5.73 Å². The summed E-state index contributed by atoms with van der Waals surface area (Å²) in [5.74, 6) is -0.756. The monoisotopic (exact) mass is 321 g/mol. The maximum Gasteiger partial charge on any atom is 0.258 e. The average molecular weight is 321 g/mol. The molecule has 24 heavy (non-hydrogen) atoms. The number of amides is 2. The predicted molar refractivity (Wildman–Crippen MR) is 92.8 cm³/mol. The van der Waals surface area contributed by atoms with Crippen LogP contribution in [0.4, 0.5) is 5.69 Å². The minimum absolute atomic E-state index is 0.218. The number of carbonyl (C=O) groups is 2. The fourth-order valence-electron chi connectivity index (χ4n) is 2.34. The molecule has 0 saturated carbocycles. The van der Waals surface area contributed by atoms with E-state index in [1.54, 1.807) is 17.0 Å². The van der Waals surface area contributed by atoms with Crippen LogP contribution < -0.4 is 10.6 Å². The molecule has 2 aromatic rings. The van der Waals surface area contributed by atoms with E-state index in [2.05, 4.69) is 6.07 Å². The quantitative estimate of drug-likeness (QED) is 0.918. The van der Waals surface area contributed by atoms with E-state index in [1.165, 1.54) is 12.1 Å². The van der Waals surface area contributed by atoms with Crippen LogP contribution in [0.2, 0.25) is 0 Å². The zero-order valence-corrected chi connectivity index (χ0v) is 13.7. The lowest BCUT2D eigenvalue weighted by Crippen LogP contribution is -2.32. The summed E-state index contributed by atoms with van der Waals surface area (Å²) in [6.07, 6.45) is 0.234. The molecule has 0 atom stereocenters. The molecule has 2 rings (SSSR count). The first-order valence-electron chi connectivity index (χ1n) is 7.60. The highest BCUT2D eigenvalue weighted by Crippen LogP contribution is 2.21. The van der Waals surface area contributed by atoms with Crippen LogP contribution in [0.15, 0.2) is 42.5 Å². The van der Waals surface area contributed by atoms with Crippen molar-refractivity contribution in [3.8, 4) is 6.07 Å². The first-order chi connectivity index (χ1) is 11.4. The van der Waals surface area contributed by atoms with Crippen molar-refractivity contribution in [3.63, 3.8) is 0 Å². The van der Waals surface area contributed by atoms with Crippen LogP contribution in [0, 0.1) is 25.2 Å². The fourth-order valence-corrected chi connectivity index (χ4v) is 2.34. The summed E-state index contributed by atoms with van der Waals surface area (Å²) in [7, 11) is 0. The maximum atomic E-state index is 12.8. The third-order valence-electron chi connectivity index (χ3n) is 3.91. The predicted octanol–water partition coefficient (Wildman–Crippen LogP) is 2.96. The fraction of sp³-hybridized carbons (Fsp3) is 0.211. The summed E-state index contributed by atoms with van der Waals surface area (Å²) in [5.41, 5.74) is 8.97. The molecule has 0 saturated heterocycles. The van der Waals surface area contributed by atoms with Gasteiger partial charge in [0.05, 0.1) is 12.5 Å². The molecule has 2 aromatic carbocycles. The molecule has 0 spiro atoms. The first kappa shape index (κ1) is 17.2. The highest BCUT2D eigenvalue weighted by atomic mass is 16.2. The van der Waals surface area contributed by atoms with Crippen molar-refractivity contribution in [3.05, 3.63) is 64.7 Å². The Kier molecular flexibility index (Phi) is 5.33. The SMILES string of the molecule is Cc1ccc(N(CCC#N)C(=O)c2ccc(C(N)=O)cc2)cc1C. The van der Waals surface area contributed by atoms with E-state index in [9.17, 15) is 9.59 Å². The molecule has 0 unspecified atom stereocenters. The lowest BCUT2D eigenvalue weighted by atomic mass is 10.1. The number of nitriles is 1. The Hall–Kier alpha value is -3.13. The Bertz CT molecular complexity index is 804. The van der Waals surface area contributed by atoms with Gasteiger partial charge in [0.2, 0.25) is 5.91 Å². The molecular formula is C19H19N3O2. The second-order valence-electron chi connectivity index (χ2n) is 5.58. The van der Waals surface area contributed by atoms with Gasteiger partial charge in [-0.05, 0) is 61.4 Å². The van der Waals surface area contributed by atoms with Crippen LogP contribution >= 0.6 is 0 Å². The Morgan fingerprint density at radius 2 is 1.67 bits per heavy atom. The molecule has 0 aliphatic carbocycles. The van der Waals surface area contributed by atoms with Crippen LogP contribution in [0.3, 0.4) is 0 Å². The van der Waals surface area contributed by atoms with Crippen molar-refractivity contribution >= 4 is 17.5 Å². The molecule has 5 heteroatoms. The molecule has 0 heterocycles. The van der Waals surface area contributed by atoms with Gasteiger partial charge in [0.25, 0.3) is 5.91 Å². The Labute approximate surface area is 141 Å². The smallest absolute Gasteiger partial charge is 0.258 e.